The highest BCUT2D eigenvalue weighted by Gasteiger charge is 2.32. The van der Waals surface area contributed by atoms with Crippen LogP contribution in [0.15, 0.2) is 24.3 Å². The van der Waals surface area contributed by atoms with Gasteiger partial charge < -0.3 is 19.9 Å². The molecule has 1 saturated heterocycles. The van der Waals surface area contributed by atoms with Gasteiger partial charge in [-0.3, -0.25) is 5.32 Å². The molecular formula is C24H33F3N4O4. The van der Waals surface area contributed by atoms with E-state index in [-0.39, 0.29) is 29.6 Å². The Morgan fingerprint density at radius 2 is 1.91 bits per heavy atom. The van der Waals surface area contributed by atoms with Gasteiger partial charge in [-0.15, -0.1) is 0 Å². The molecule has 194 valence electrons. The largest absolute Gasteiger partial charge is 0.488 e. The normalized spacial score (nSPS) is 16.9. The van der Waals surface area contributed by atoms with Crippen molar-refractivity contribution in [3.8, 4) is 5.75 Å². The summed E-state index contributed by atoms with van der Waals surface area (Å²) in [6, 6.07) is 3.75. The molecule has 1 atom stereocenters. The zero-order chi connectivity index (χ0) is 26.0. The van der Waals surface area contributed by atoms with E-state index in [0.717, 1.165) is 36.7 Å². The van der Waals surface area contributed by atoms with Gasteiger partial charge >= 0.3 is 12.2 Å². The molecule has 8 nitrogen and oxygen atoms in total. The van der Waals surface area contributed by atoms with Crippen LogP contribution >= 0.6 is 0 Å². The Kier molecular flexibility index (Phi) is 7.71. The van der Waals surface area contributed by atoms with Crippen LogP contribution in [0.5, 0.6) is 5.75 Å². The molecule has 1 aliphatic rings. The van der Waals surface area contributed by atoms with Crippen LogP contribution in [0.3, 0.4) is 0 Å². The van der Waals surface area contributed by atoms with E-state index in [1.54, 1.807) is 10.7 Å². The molecule has 0 bridgehead atoms. The third-order valence-electron chi connectivity index (χ3n) is 5.33. The summed E-state index contributed by atoms with van der Waals surface area (Å²) in [6.45, 7) is 9.90. The number of aliphatic hydroxyl groups is 1. The molecule has 0 aliphatic carbocycles. The summed E-state index contributed by atoms with van der Waals surface area (Å²) >= 11 is 0. The molecule has 1 aliphatic heterocycles. The average Bonchev–Trinajstić information content (AvgIpc) is 3.36. The van der Waals surface area contributed by atoms with Crippen molar-refractivity contribution >= 4 is 17.5 Å². The summed E-state index contributed by atoms with van der Waals surface area (Å²) < 4.78 is 52.7. The second kappa shape index (κ2) is 10.1. The third kappa shape index (κ3) is 7.60. The highest BCUT2D eigenvalue weighted by Crippen LogP contribution is 2.35. The Hall–Kier alpha value is -2.79. The molecule has 11 heteroatoms. The van der Waals surface area contributed by atoms with Gasteiger partial charge in [-0.1, -0.05) is 20.8 Å². The van der Waals surface area contributed by atoms with E-state index in [4.69, 9.17) is 9.47 Å². The number of ether oxygens (including phenoxy) is 2. The maximum absolute atomic E-state index is 13.3. The van der Waals surface area contributed by atoms with Crippen LogP contribution in [0.25, 0.3) is 0 Å². The van der Waals surface area contributed by atoms with E-state index in [1.165, 1.54) is 13.8 Å². The van der Waals surface area contributed by atoms with E-state index in [9.17, 15) is 23.1 Å². The Bertz CT molecular complexity index is 1030. The summed E-state index contributed by atoms with van der Waals surface area (Å²) in [7, 11) is 0. The van der Waals surface area contributed by atoms with Gasteiger partial charge in [0.1, 0.15) is 18.2 Å². The lowest BCUT2D eigenvalue weighted by Gasteiger charge is -2.20. The predicted octanol–water partition coefficient (Wildman–Crippen LogP) is 5.17. The Morgan fingerprint density at radius 3 is 2.49 bits per heavy atom. The number of nitrogens with one attached hydrogen (secondary N) is 2. The number of urea groups is 1. The first kappa shape index (κ1) is 26.8. The van der Waals surface area contributed by atoms with Gasteiger partial charge in [-0.2, -0.15) is 18.3 Å². The first-order chi connectivity index (χ1) is 16.1. The highest BCUT2D eigenvalue weighted by atomic mass is 19.4. The van der Waals surface area contributed by atoms with E-state index < -0.39 is 23.4 Å². The van der Waals surface area contributed by atoms with Gasteiger partial charge in [0.15, 0.2) is 0 Å². The van der Waals surface area contributed by atoms with Crippen molar-refractivity contribution in [2.24, 2.45) is 0 Å². The number of aromatic nitrogens is 2. The molecule has 35 heavy (non-hydrogen) atoms. The molecule has 0 saturated carbocycles. The summed E-state index contributed by atoms with van der Waals surface area (Å²) in [6.07, 6.45) is -2.81. The fourth-order valence-corrected chi connectivity index (χ4v) is 3.46. The van der Waals surface area contributed by atoms with Crippen LogP contribution in [0, 0.1) is 0 Å². The minimum Gasteiger partial charge on any atom is -0.488 e. The van der Waals surface area contributed by atoms with Gasteiger partial charge in [0.2, 0.25) is 0 Å². The Morgan fingerprint density at radius 1 is 1.20 bits per heavy atom. The van der Waals surface area contributed by atoms with E-state index in [1.807, 2.05) is 20.8 Å². The molecule has 0 spiro atoms. The van der Waals surface area contributed by atoms with Crippen LogP contribution in [0.2, 0.25) is 0 Å². The fraction of sp³-hybridized carbons (Fsp3) is 0.583. The molecule has 1 aromatic carbocycles. The molecule has 3 rings (SSSR count). The SMILES string of the molecule is CC(C)(O)COc1ccc(C(F)(F)F)cc1NC(=O)Nc1cc(C(C)(C)C)nn1C[C@H]1CCCO1. The summed E-state index contributed by atoms with van der Waals surface area (Å²) in [5.74, 6) is 0.396. The van der Waals surface area contributed by atoms with Gasteiger partial charge in [-0.25, -0.2) is 9.48 Å². The molecule has 2 heterocycles. The minimum absolute atomic E-state index is 0.00137. The molecule has 1 aromatic heterocycles. The predicted molar refractivity (Wildman–Crippen MR) is 126 cm³/mol. The lowest BCUT2D eigenvalue weighted by Crippen LogP contribution is -2.28. The standard InChI is InChI=1S/C24H33F3N4O4/c1-22(2,3)19-12-20(31(30-19)13-16-7-6-10-34-16)29-21(32)28-17-11-15(24(25,26)27)8-9-18(17)35-14-23(4,5)33/h8-9,11-12,16,33H,6-7,10,13-14H2,1-5H3,(H2,28,29,32)/t16-/m1/s1. The van der Waals surface area contributed by atoms with E-state index in [2.05, 4.69) is 15.7 Å². The number of nitrogens with zero attached hydrogens (tertiary/aromatic N) is 2. The number of amides is 2. The molecule has 2 amide bonds. The molecule has 0 radical (unpaired) electrons. The van der Waals surface area contributed by atoms with Crippen LogP contribution in [-0.4, -0.2) is 45.8 Å². The van der Waals surface area contributed by atoms with Crippen LogP contribution in [-0.2, 0) is 22.9 Å². The van der Waals surface area contributed by atoms with Gasteiger partial charge in [0, 0.05) is 18.1 Å². The van der Waals surface area contributed by atoms with E-state index >= 15 is 0 Å². The average molecular weight is 499 g/mol. The second-order valence-electron chi connectivity index (χ2n) is 10.4. The number of carbonyl (C=O) groups is 1. The third-order valence-corrected chi connectivity index (χ3v) is 5.33. The topological polar surface area (TPSA) is 97.6 Å². The number of rotatable bonds is 7. The number of alkyl halides is 3. The van der Waals surface area contributed by atoms with Gasteiger partial charge in [-0.05, 0) is 44.9 Å². The van der Waals surface area contributed by atoms with Crippen molar-refractivity contribution in [3.05, 3.63) is 35.5 Å². The Labute approximate surface area is 202 Å². The van der Waals surface area contributed by atoms with Crippen LogP contribution in [0.1, 0.15) is 58.7 Å². The molecule has 3 N–H and O–H groups in total. The van der Waals surface area contributed by atoms with Crippen molar-refractivity contribution < 1.29 is 32.5 Å². The quantitative estimate of drug-likeness (QED) is 0.489. The summed E-state index contributed by atoms with van der Waals surface area (Å²) in [5, 5.41) is 19.7. The zero-order valence-electron chi connectivity index (χ0n) is 20.6. The number of halogens is 3. The Balaban J connectivity index is 1.84. The molecule has 1 fully saturated rings. The fourth-order valence-electron chi connectivity index (χ4n) is 3.46. The van der Waals surface area contributed by atoms with Crippen molar-refractivity contribution in [1.82, 2.24) is 9.78 Å². The summed E-state index contributed by atoms with van der Waals surface area (Å²) in [5.41, 5.74) is -1.88. The molecular weight excluding hydrogens is 465 g/mol. The second-order valence-corrected chi connectivity index (χ2v) is 10.4. The molecule has 0 unspecified atom stereocenters. The van der Waals surface area contributed by atoms with Crippen molar-refractivity contribution in [1.29, 1.82) is 0 Å². The van der Waals surface area contributed by atoms with Crippen LogP contribution in [0.4, 0.5) is 29.5 Å². The lowest BCUT2D eigenvalue weighted by atomic mass is 9.92. The maximum atomic E-state index is 13.3. The first-order valence-electron chi connectivity index (χ1n) is 11.5. The van der Waals surface area contributed by atoms with Crippen molar-refractivity contribution in [2.45, 2.75) is 77.3 Å². The monoisotopic (exact) mass is 498 g/mol. The van der Waals surface area contributed by atoms with Crippen molar-refractivity contribution in [3.63, 3.8) is 0 Å². The molecule has 2 aromatic rings. The first-order valence-corrected chi connectivity index (χ1v) is 11.5. The number of anilines is 2. The number of benzene rings is 1. The minimum atomic E-state index is -4.61. The van der Waals surface area contributed by atoms with Gasteiger partial charge in [0.05, 0.1) is 35.2 Å². The summed E-state index contributed by atoms with van der Waals surface area (Å²) in [4.78, 5) is 12.9. The highest BCUT2D eigenvalue weighted by molar-refractivity contribution is 6.00. The van der Waals surface area contributed by atoms with Crippen LogP contribution < -0.4 is 15.4 Å². The number of hydrogen-bond donors (Lipinski definition) is 3. The maximum Gasteiger partial charge on any atom is 0.416 e. The number of carbonyl (C=O) groups excluding carboxylic acids is 1. The smallest absolute Gasteiger partial charge is 0.416 e. The van der Waals surface area contributed by atoms with Gasteiger partial charge in [0.25, 0.3) is 0 Å². The van der Waals surface area contributed by atoms with Crippen molar-refractivity contribution in [2.75, 3.05) is 23.8 Å². The van der Waals surface area contributed by atoms with E-state index in [0.29, 0.717) is 19.0 Å². The lowest BCUT2D eigenvalue weighted by molar-refractivity contribution is -0.137. The zero-order valence-corrected chi connectivity index (χ0v) is 20.6. The number of hydrogen-bond acceptors (Lipinski definition) is 5.